The van der Waals surface area contributed by atoms with Crippen molar-refractivity contribution in [2.75, 3.05) is 12.4 Å². The SMILES string of the molecule is COc1cccc(CNc2ccccc2Br)n1. The van der Waals surface area contributed by atoms with Crippen LogP contribution in [0.5, 0.6) is 5.88 Å². The highest BCUT2D eigenvalue weighted by Gasteiger charge is 2.00. The summed E-state index contributed by atoms with van der Waals surface area (Å²) < 4.78 is 6.13. The Labute approximate surface area is 109 Å². The molecule has 88 valence electrons. The Morgan fingerprint density at radius 1 is 1.18 bits per heavy atom. The van der Waals surface area contributed by atoms with Gasteiger partial charge in [0.25, 0.3) is 0 Å². The molecule has 0 fully saturated rings. The Hall–Kier alpha value is -1.55. The standard InChI is InChI=1S/C13H13BrN2O/c1-17-13-8-4-5-10(16-13)9-15-12-7-3-2-6-11(12)14/h2-8,15H,9H2,1H3. The number of ether oxygens (including phenoxy) is 1. The van der Waals surface area contributed by atoms with Crippen molar-refractivity contribution in [2.24, 2.45) is 0 Å². The molecule has 4 heteroatoms. The zero-order valence-electron chi connectivity index (χ0n) is 9.48. The maximum absolute atomic E-state index is 5.08. The minimum Gasteiger partial charge on any atom is -0.481 e. The fourth-order valence-electron chi connectivity index (χ4n) is 1.46. The third kappa shape index (κ3) is 3.20. The second-order valence-corrected chi connectivity index (χ2v) is 4.36. The van der Waals surface area contributed by atoms with Gasteiger partial charge >= 0.3 is 0 Å². The van der Waals surface area contributed by atoms with E-state index in [1.807, 2.05) is 42.5 Å². The van der Waals surface area contributed by atoms with Gasteiger partial charge in [-0.05, 0) is 34.1 Å². The maximum atomic E-state index is 5.08. The lowest BCUT2D eigenvalue weighted by molar-refractivity contribution is 0.396. The van der Waals surface area contributed by atoms with Crippen LogP contribution in [0.25, 0.3) is 0 Å². The summed E-state index contributed by atoms with van der Waals surface area (Å²) in [5, 5.41) is 3.32. The normalized spacial score (nSPS) is 10.0. The van der Waals surface area contributed by atoms with Crippen molar-refractivity contribution in [1.82, 2.24) is 4.98 Å². The Balaban J connectivity index is 2.05. The van der Waals surface area contributed by atoms with Crippen LogP contribution in [0.2, 0.25) is 0 Å². The Bertz CT molecular complexity index is 502. The second-order valence-electron chi connectivity index (χ2n) is 3.50. The molecule has 0 atom stereocenters. The molecule has 0 aliphatic heterocycles. The van der Waals surface area contributed by atoms with Gasteiger partial charge in [-0.3, -0.25) is 0 Å². The average Bonchev–Trinajstić information content (AvgIpc) is 2.38. The van der Waals surface area contributed by atoms with E-state index in [0.29, 0.717) is 12.4 Å². The first-order valence-electron chi connectivity index (χ1n) is 5.28. The van der Waals surface area contributed by atoms with E-state index < -0.39 is 0 Å². The predicted molar refractivity (Wildman–Crippen MR) is 72.3 cm³/mol. The van der Waals surface area contributed by atoms with Gasteiger partial charge in [-0.2, -0.15) is 0 Å². The second kappa shape index (κ2) is 5.68. The first-order valence-corrected chi connectivity index (χ1v) is 6.07. The number of methoxy groups -OCH3 is 1. The third-order valence-electron chi connectivity index (χ3n) is 2.32. The van der Waals surface area contributed by atoms with E-state index in [-0.39, 0.29) is 0 Å². The number of nitrogens with one attached hydrogen (secondary N) is 1. The summed E-state index contributed by atoms with van der Waals surface area (Å²) in [4.78, 5) is 4.34. The monoisotopic (exact) mass is 292 g/mol. The van der Waals surface area contributed by atoms with Crippen molar-refractivity contribution in [1.29, 1.82) is 0 Å². The molecule has 1 aromatic heterocycles. The molecule has 1 N–H and O–H groups in total. The van der Waals surface area contributed by atoms with Gasteiger partial charge in [-0.1, -0.05) is 18.2 Å². The average molecular weight is 293 g/mol. The van der Waals surface area contributed by atoms with Crippen molar-refractivity contribution < 1.29 is 4.74 Å². The number of anilines is 1. The summed E-state index contributed by atoms with van der Waals surface area (Å²) in [6.07, 6.45) is 0. The van der Waals surface area contributed by atoms with Crippen molar-refractivity contribution in [3.05, 3.63) is 52.6 Å². The van der Waals surface area contributed by atoms with Gasteiger partial charge in [0.05, 0.1) is 19.3 Å². The molecule has 0 aliphatic rings. The van der Waals surface area contributed by atoms with E-state index in [1.54, 1.807) is 7.11 Å². The van der Waals surface area contributed by atoms with Gasteiger partial charge in [0.2, 0.25) is 5.88 Å². The van der Waals surface area contributed by atoms with E-state index >= 15 is 0 Å². The molecule has 1 heterocycles. The lowest BCUT2D eigenvalue weighted by atomic mass is 10.3. The van der Waals surface area contributed by atoms with Crippen LogP contribution in [0.4, 0.5) is 5.69 Å². The number of halogens is 1. The van der Waals surface area contributed by atoms with Crippen molar-refractivity contribution in [2.45, 2.75) is 6.54 Å². The minimum atomic E-state index is 0.636. The molecule has 0 radical (unpaired) electrons. The molecule has 0 spiro atoms. The molecule has 2 rings (SSSR count). The predicted octanol–water partition coefficient (Wildman–Crippen LogP) is 3.46. The van der Waals surface area contributed by atoms with Crippen LogP contribution in [0, 0.1) is 0 Å². The Morgan fingerprint density at radius 2 is 2.00 bits per heavy atom. The van der Waals surface area contributed by atoms with Crippen LogP contribution < -0.4 is 10.1 Å². The molecular weight excluding hydrogens is 280 g/mol. The number of pyridine rings is 1. The molecule has 0 amide bonds. The van der Waals surface area contributed by atoms with Gasteiger partial charge in [-0.25, -0.2) is 4.98 Å². The number of hydrogen-bond donors (Lipinski definition) is 1. The molecular formula is C13H13BrN2O. The fraction of sp³-hybridized carbons (Fsp3) is 0.154. The lowest BCUT2D eigenvalue weighted by Gasteiger charge is -2.08. The van der Waals surface area contributed by atoms with E-state index in [9.17, 15) is 0 Å². The van der Waals surface area contributed by atoms with Crippen LogP contribution in [0.3, 0.4) is 0 Å². The van der Waals surface area contributed by atoms with Gasteiger partial charge < -0.3 is 10.1 Å². The number of nitrogens with zero attached hydrogens (tertiary/aromatic N) is 1. The number of hydrogen-bond acceptors (Lipinski definition) is 3. The zero-order chi connectivity index (χ0) is 12.1. The highest BCUT2D eigenvalue weighted by atomic mass is 79.9. The molecule has 17 heavy (non-hydrogen) atoms. The topological polar surface area (TPSA) is 34.1 Å². The fourth-order valence-corrected chi connectivity index (χ4v) is 1.89. The third-order valence-corrected chi connectivity index (χ3v) is 3.02. The van der Waals surface area contributed by atoms with Gasteiger partial charge in [0, 0.05) is 16.2 Å². The zero-order valence-corrected chi connectivity index (χ0v) is 11.1. The van der Waals surface area contributed by atoms with Crippen LogP contribution in [-0.2, 0) is 6.54 Å². The molecule has 1 aromatic carbocycles. The molecule has 2 aromatic rings. The number of para-hydroxylation sites is 1. The quantitative estimate of drug-likeness (QED) is 0.937. The van der Waals surface area contributed by atoms with Crippen LogP contribution >= 0.6 is 15.9 Å². The summed E-state index contributed by atoms with van der Waals surface area (Å²) >= 11 is 3.49. The minimum absolute atomic E-state index is 0.636. The van der Waals surface area contributed by atoms with Gasteiger partial charge in [-0.15, -0.1) is 0 Å². The maximum Gasteiger partial charge on any atom is 0.213 e. The van der Waals surface area contributed by atoms with E-state index in [4.69, 9.17) is 4.74 Å². The summed E-state index contributed by atoms with van der Waals surface area (Å²) in [5.41, 5.74) is 2.00. The Morgan fingerprint density at radius 3 is 2.76 bits per heavy atom. The van der Waals surface area contributed by atoms with E-state index in [0.717, 1.165) is 15.9 Å². The van der Waals surface area contributed by atoms with Gasteiger partial charge in [0.1, 0.15) is 0 Å². The van der Waals surface area contributed by atoms with Crippen molar-refractivity contribution >= 4 is 21.6 Å². The lowest BCUT2D eigenvalue weighted by Crippen LogP contribution is -2.02. The number of rotatable bonds is 4. The smallest absolute Gasteiger partial charge is 0.213 e. The molecule has 0 saturated carbocycles. The number of benzene rings is 1. The highest BCUT2D eigenvalue weighted by molar-refractivity contribution is 9.10. The molecule has 0 saturated heterocycles. The van der Waals surface area contributed by atoms with Crippen LogP contribution in [0.15, 0.2) is 46.9 Å². The molecule has 0 bridgehead atoms. The summed E-state index contributed by atoms with van der Waals surface area (Å²) in [7, 11) is 1.62. The van der Waals surface area contributed by atoms with Crippen LogP contribution in [-0.4, -0.2) is 12.1 Å². The number of aromatic nitrogens is 1. The summed E-state index contributed by atoms with van der Waals surface area (Å²) in [6.45, 7) is 0.666. The van der Waals surface area contributed by atoms with Crippen molar-refractivity contribution in [3.8, 4) is 5.88 Å². The first kappa shape index (κ1) is 11.9. The van der Waals surface area contributed by atoms with Gasteiger partial charge in [0.15, 0.2) is 0 Å². The summed E-state index contributed by atoms with van der Waals surface area (Å²) in [5.74, 6) is 0.636. The Kier molecular flexibility index (Phi) is 3.98. The van der Waals surface area contributed by atoms with E-state index in [2.05, 4.69) is 26.2 Å². The first-order chi connectivity index (χ1) is 8.29. The van der Waals surface area contributed by atoms with Crippen molar-refractivity contribution in [3.63, 3.8) is 0 Å². The van der Waals surface area contributed by atoms with E-state index in [1.165, 1.54) is 0 Å². The van der Waals surface area contributed by atoms with Crippen LogP contribution in [0.1, 0.15) is 5.69 Å². The largest absolute Gasteiger partial charge is 0.481 e. The molecule has 0 aliphatic carbocycles. The summed E-state index contributed by atoms with van der Waals surface area (Å²) in [6, 6.07) is 13.7. The molecule has 0 unspecified atom stereocenters. The molecule has 3 nitrogen and oxygen atoms in total. The highest BCUT2D eigenvalue weighted by Crippen LogP contribution is 2.21.